The van der Waals surface area contributed by atoms with E-state index < -0.39 is 0 Å². The molecular formula is C8H10O3. The number of methoxy groups -OCH3 is 1. The van der Waals surface area contributed by atoms with Crippen LogP contribution >= 0.6 is 0 Å². The molecule has 1 heterocycles. The normalized spacial score (nSPS) is 9.73. The molecule has 0 fully saturated rings. The third-order valence-electron chi connectivity index (χ3n) is 1.36. The van der Waals surface area contributed by atoms with Crippen molar-refractivity contribution >= 4 is 5.78 Å². The van der Waals surface area contributed by atoms with Crippen molar-refractivity contribution in [2.75, 3.05) is 7.11 Å². The van der Waals surface area contributed by atoms with Crippen LogP contribution in [0.1, 0.15) is 23.2 Å². The Morgan fingerprint density at radius 2 is 2.27 bits per heavy atom. The van der Waals surface area contributed by atoms with Crippen molar-refractivity contribution in [1.82, 2.24) is 0 Å². The third kappa shape index (κ3) is 1.42. The molecule has 0 bridgehead atoms. The van der Waals surface area contributed by atoms with Crippen LogP contribution in [0.25, 0.3) is 0 Å². The molecule has 0 spiro atoms. The van der Waals surface area contributed by atoms with Gasteiger partial charge >= 0.3 is 0 Å². The number of furan rings is 1. The zero-order chi connectivity index (χ0) is 8.43. The number of hydrogen-bond acceptors (Lipinski definition) is 3. The third-order valence-corrected chi connectivity index (χ3v) is 1.36. The van der Waals surface area contributed by atoms with Gasteiger partial charge in [-0.2, -0.15) is 0 Å². The van der Waals surface area contributed by atoms with E-state index in [0.717, 1.165) is 0 Å². The van der Waals surface area contributed by atoms with Gasteiger partial charge in [-0.1, -0.05) is 0 Å². The van der Waals surface area contributed by atoms with Crippen molar-refractivity contribution < 1.29 is 13.9 Å². The van der Waals surface area contributed by atoms with Gasteiger partial charge in [0, 0.05) is 13.0 Å². The molecule has 0 aliphatic rings. The number of ketones is 1. The first-order valence-corrected chi connectivity index (χ1v) is 3.30. The highest BCUT2D eigenvalue weighted by molar-refractivity contribution is 5.94. The average Bonchev–Trinajstić information content (AvgIpc) is 2.30. The number of ether oxygens (including phenoxy) is 1. The van der Waals surface area contributed by atoms with E-state index in [0.29, 0.717) is 17.3 Å². The van der Waals surface area contributed by atoms with Gasteiger partial charge in [-0.3, -0.25) is 4.79 Å². The van der Waals surface area contributed by atoms with Crippen molar-refractivity contribution in [1.29, 1.82) is 0 Å². The Hall–Kier alpha value is -1.25. The number of rotatable bonds is 2. The summed E-state index contributed by atoms with van der Waals surface area (Å²) in [5.74, 6) is 1.38. The molecule has 0 saturated carbocycles. The number of Topliss-reactive ketones (excluding diaryl/α,β-unsaturated/α-hetero) is 1. The summed E-state index contributed by atoms with van der Waals surface area (Å²) in [6.45, 7) is 3.22. The molecule has 60 valence electrons. The molecule has 0 unspecified atom stereocenters. The molecule has 0 N–H and O–H groups in total. The predicted molar refractivity (Wildman–Crippen MR) is 40.0 cm³/mol. The smallest absolute Gasteiger partial charge is 0.211 e. The monoisotopic (exact) mass is 154 g/mol. The van der Waals surface area contributed by atoms with E-state index in [-0.39, 0.29) is 5.78 Å². The van der Waals surface area contributed by atoms with Crippen LogP contribution in [0, 0.1) is 6.92 Å². The fraction of sp³-hybridized carbons (Fsp3) is 0.375. The lowest BCUT2D eigenvalue weighted by molar-refractivity contribution is 0.0982. The van der Waals surface area contributed by atoms with E-state index in [1.54, 1.807) is 13.0 Å². The van der Waals surface area contributed by atoms with Crippen molar-refractivity contribution in [3.63, 3.8) is 0 Å². The van der Waals surface area contributed by atoms with Gasteiger partial charge in [-0.05, 0) is 6.92 Å². The van der Waals surface area contributed by atoms with Crippen molar-refractivity contribution in [3.8, 4) is 5.75 Å². The van der Waals surface area contributed by atoms with Gasteiger partial charge in [0.1, 0.15) is 5.76 Å². The van der Waals surface area contributed by atoms with Gasteiger partial charge in [0.2, 0.25) is 5.76 Å². The van der Waals surface area contributed by atoms with Gasteiger partial charge in [0.05, 0.1) is 7.11 Å². The molecule has 11 heavy (non-hydrogen) atoms. The van der Waals surface area contributed by atoms with E-state index in [2.05, 4.69) is 0 Å². The van der Waals surface area contributed by atoms with Gasteiger partial charge in [0.15, 0.2) is 11.5 Å². The van der Waals surface area contributed by atoms with Crippen molar-refractivity contribution in [2.24, 2.45) is 0 Å². The maximum absolute atomic E-state index is 10.9. The lowest BCUT2D eigenvalue weighted by atomic mass is 10.3. The lowest BCUT2D eigenvalue weighted by Gasteiger charge is -1.94. The molecular weight excluding hydrogens is 144 g/mol. The summed E-state index contributed by atoms with van der Waals surface area (Å²) in [7, 11) is 1.51. The van der Waals surface area contributed by atoms with Crippen molar-refractivity contribution in [3.05, 3.63) is 17.6 Å². The largest absolute Gasteiger partial charge is 0.493 e. The second-order valence-electron chi connectivity index (χ2n) is 2.31. The zero-order valence-corrected chi connectivity index (χ0v) is 6.80. The van der Waals surface area contributed by atoms with E-state index in [1.807, 2.05) is 0 Å². The van der Waals surface area contributed by atoms with Crippen LogP contribution in [0.2, 0.25) is 0 Å². The summed E-state index contributed by atoms with van der Waals surface area (Å²) in [4.78, 5) is 10.9. The quantitative estimate of drug-likeness (QED) is 0.610. The molecule has 0 radical (unpaired) electrons. The predicted octanol–water partition coefficient (Wildman–Crippen LogP) is 1.80. The molecule has 1 aromatic heterocycles. The minimum atomic E-state index is -0.116. The number of aryl methyl sites for hydroxylation is 1. The molecule has 0 amide bonds. The van der Waals surface area contributed by atoms with Crippen LogP contribution in [0.3, 0.4) is 0 Å². The fourth-order valence-electron chi connectivity index (χ4n) is 0.888. The van der Waals surface area contributed by atoms with Gasteiger partial charge in [-0.25, -0.2) is 0 Å². The number of hydrogen-bond donors (Lipinski definition) is 0. The van der Waals surface area contributed by atoms with E-state index in [4.69, 9.17) is 9.15 Å². The maximum atomic E-state index is 10.9. The molecule has 3 heteroatoms. The maximum Gasteiger partial charge on any atom is 0.211 e. The second kappa shape index (κ2) is 2.78. The highest BCUT2D eigenvalue weighted by Crippen LogP contribution is 2.22. The average molecular weight is 154 g/mol. The summed E-state index contributed by atoms with van der Waals surface area (Å²) in [5, 5.41) is 0. The highest BCUT2D eigenvalue weighted by atomic mass is 16.5. The summed E-state index contributed by atoms with van der Waals surface area (Å²) in [5.41, 5.74) is 0. The molecule has 0 aliphatic heterocycles. The molecule has 0 aromatic carbocycles. The molecule has 0 aliphatic carbocycles. The molecule has 3 nitrogen and oxygen atoms in total. The Balaban J connectivity index is 3.12. The summed E-state index contributed by atoms with van der Waals surface area (Å²) >= 11 is 0. The van der Waals surface area contributed by atoms with Crippen LogP contribution in [0.15, 0.2) is 10.5 Å². The second-order valence-corrected chi connectivity index (χ2v) is 2.31. The SMILES string of the molecule is COc1cc(C)oc1C(C)=O. The van der Waals surface area contributed by atoms with Crippen LogP contribution in [-0.2, 0) is 0 Å². The number of carbonyl (C=O) groups excluding carboxylic acids is 1. The first kappa shape index (κ1) is 7.85. The molecule has 1 aromatic rings. The van der Waals surface area contributed by atoms with Crippen molar-refractivity contribution in [2.45, 2.75) is 13.8 Å². The van der Waals surface area contributed by atoms with E-state index in [1.165, 1.54) is 14.0 Å². The summed E-state index contributed by atoms with van der Waals surface area (Å²) in [6.07, 6.45) is 0. The standard InChI is InChI=1S/C8H10O3/c1-5-4-7(10-3)8(11-5)6(2)9/h4H,1-3H3. The van der Waals surface area contributed by atoms with Crippen LogP contribution in [0.4, 0.5) is 0 Å². The highest BCUT2D eigenvalue weighted by Gasteiger charge is 2.12. The van der Waals surface area contributed by atoms with Crippen LogP contribution < -0.4 is 4.74 Å². The Morgan fingerprint density at radius 3 is 2.64 bits per heavy atom. The zero-order valence-electron chi connectivity index (χ0n) is 6.80. The topological polar surface area (TPSA) is 39.4 Å². The first-order valence-electron chi connectivity index (χ1n) is 3.30. The van der Waals surface area contributed by atoms with Gasteiger partial charge in [-0.15, -0.1) is 0 Å². The van der Waals surface area contributed by atoms with Crippen LogP contribution in [0.5, 0.6) is 5.75 Å². The van der Waals surface area contributed by atoms with E-state index >= 15 is 0 Å². The number of carbonyl (C=O) groups is 1. The van der Waals surface area contributed by atoms with Gasteiger partial charge in [0.25, 0.3) is 0 Å². The Bertz CT molecular complexity index is 273. The fourth-order valence-corrected chi connectivity index (χ4v) is 0.888. The minimum absolute atomic E-state index is 0.116. The summed E-state index contributed by atoms with van der Waals surface area (Å²) < 4.78 is 10.0. The molecule has 0 atom stereocenters. The lowest BCUT2D eigenvalue weighted by Crippen LogP contribution is -1.92. The van der Waals surface area contributed by atoms with E-state index in [9.17, 15) is 4.79 Å². The Kier molecular flexibility index (Phi) is 1.98. The molecule has 1 rings (SSSR count). The first-order chi connectivity index (χ1) is 5.15. The minimum Gasteiger partial charge on any atom is -0.493 e. The summed E-state index contributed by atoms with van der Waals surface area (Å²) in [6, 6.07) is 1.69. The van der Waals surface area contributed by atoms with Crippen LogP contribution in [-0.4, -0.2) is 12.9 Å². The van der Waals surface area contributed by atoms with Gasteiger partial charge < -0.3 is 9.15 Å². The Labute approximate surface area is 65.0 Å². The Morgan fingerprint density at radius 1 is 1.64 bits per heavy atom. The molecule has 0 saturated heterocycles.